The maximum absolute atomic E-state index is 12.0. The highest BCUT2D eigenvalue weighted by atomic mass is 127. The summed E-state index contributed by atoms with van der Waals surface area (Å²) in [6.45, 7) is 0.452. The van der Waals surface area contributed by atoms with Crippen molar-refractivity contribution in [2.75, 3.05) is 11.9 Å². The number of hydrogen-bond acceptors (Lipinski definition) is 3. The van der Waals surface area contributed by atoms with Crippen molar-refractivity contribution in [2.45, 2.75) is 25.0 Å². The van der Waals surface area contributed by atoms with E-state index in [4.69, 9.17) is 22.1 Å². The molecule has 4 nitrogen and oxygen atoms in total. The highest BCUT2D eigenvalue weighted by Crippen LogP contribution is 2.26. The van der Waals surface area contributed by atoms with Crippen molar-refractivity contribution < 1.29 is 9.53 Å². The topological polar surface area (TPSA) is 64.4 Å². The third-order valence-electron chi connectivity index (χ3n) is 2.85. The fourth-order valence-electron chi connectivity index (χ4n) is 1.88. The van der Waals surface area contributed by atoms with E-state index in [-0.39, 0.29) is 12.0 Å². The van der Waals surface area contributed by atoms with E-state index in [2.05, 4.69) is 27.9 Å². The number of benzene rings is 1. The maximum Gasteiger partial charge on any atom is 0.253 e. The van der Waals surface area contributed by atoms with Gasteiger partial charge in [-0.05, 0) is 53.6 Å². The summed E-state index contributed by atoms with van der Waals surface area (Å²) in [5.74, 6) is -0.158. The second-order valence-corrected chi connectivity index (χ2v) is 5.83. The van der Waals surface area contributed by atoms with Crippen molar-refractivity contribution in [3.63, 3.8) is 0 Å². The van der Waals surface area contributed by atoms with Gasteiger partial charge in [0.2, 0.25) is 0 Å². The molecule has 0 spiro atoms. The third kappa shape index (κ3) is 3.34. The number of amides is 1. The Kier molecular flexibility index (Phi) is 4.83. The van der Waals surface area contributed by atoms with Gasteiger partial charge in [-0.1, -0.05) is 11.6 Å². The van der Waals surface area contributed by atoms with Crippen molar-refractivity contribution in [1.29, 1.82) is 0 Å². The Labute approximate surface area is 124 Å². The van der Waals surface area contributed by atoms with E-state index >= 15 is 0 Å². The van der Waals surface area contributed by atoms with Crippen LogP contribution in [0, 0.1) is 3.57 Å². The van der Waals surface area contributed by atoms with Crippen molar-refractivity contribution >= 4 is 45.8 Å². The maximum atomic E-state index is 12.0. The molecule has 1 aromatic carbocycles. The molecule has 1 aliphatic rings. The Morgan fingerprint density at radius 3 is 2.94 bits per heavy atom. The van der Waals surface area contributed by atoms with Crippen LogP contribution in [-0.4, -0.2) is 24.7 Å². The molecule has 2 atom stereocenters. The van der Waals surface area contributed by atoms with Gasteiger partial charge in [0.1, 0.15) is 6.10 Å². The fourth-order valence-corrected chi connectivity index (χ4v) is 2.78. The van der Waals surface area contributed by atoms with Gasteiger partial charge < -0.3 is 15.8 Å². The molecule has 0 bridgehead atoms. The van der Waals surface area contributed by atoms with Crippen LogP contribution in [0.4, 0.5) is 5.69 Å². The first-order chi connectivity index (χ1) is 8.60. The number of nitrogens with two attached hydrogens (primary N) is 1. The predicted octanol–water partition coefficient (Wildman–Crippen LogP) is 2.39. The molecule has 1 fully saturated rings. The number of rotatable bonds is 3. The largest absolute Gasteiger partial charge is 0.364 e. The molecular formula is C12H14ClIN2O2. The van der Waals surface area contributed by atoms with Crippen molar-refractivity contribution in [3.05, 3.63) is 26.8 Å². The van der Waals surface area contributed by atoms with Crippen LogP contribution in [-0.2, 0) is 9.53 Å². The van der Waals surface area contributed by atoms with Crippen LogP contribution in [0.15, 0.2) is 18.2 Å². The molecule has 1 amide bonds. The van der Waals surface area contributed by atoms with Gasteiger partial charge in [-0.15, -0.1) is 0 Å². The minimum Gasteiger partial charge on any atom is -0.364 e. The van der Waals surface area contributed by atoms with Crippen molar-refractivity contribution in [3.8, 4) is 0 Å². The van der Waals surface area contributed by atoms with Gasteiger partial charge in [0, 0.05) is 10.1 Å². The molecule has 0 radical (unpaired) electrons. The third-order valence-corrected chi connectivity index (χ3v) is 3.84. The SMILES string of the molecule is NCC1CCC(C(=O)Nc2ccc(I)cc2Cl)O1. The van der Waals surface area contributed by atoms with Crippen molar-refractivity contribution in [2.24, 2.45) is 5.73 Å². The van der Waals surface area contributed by atoms with E-state index in [0.717, 1.165) is 9.99 Å². The number of anilines is 1. The molecule has 1 aliphatic heterocycles. The average molecular weight is 381 g/mol. The Bertz CT molecular complexity index is 456. The van der Waals surface area contributed by atoms with E-state index in [9.17, 15) is 4.79 Å². The fraction of sp³-hybridized carbons (Fsp3) is 0.417. The average Bonchev–Trinajstić information content (AvgIpc) is 2.81. The zero-order valence-electron chi connectivity index (χ0n) is 9.66. The summed E-state index contributed by atoms with van der Waals surface area (Å²) >= 11 is 8.22. The van der Waals surface area contributed by atoms with Gasteiger partial charge in [0.25, 0.3) is 5.91 Å². The number of hydrogen-bond donors (Lipinski definition) is 2. The number of carbonyl (C=O) groups is 1. The lowest BCUT2D eigenvalue weighted by atomic mass is 10.2. The monoisotopic (exact) mass is 380 g/mol. The summed E-state index contributed by atoms with van der Waals surface area (Å²) in [4.78, 5) is 12.0. The predicted molar refractivity (Wildman–Crippen MR) is 79.7 cm³/mol. The van der Waals surface area contributed by atoms with Gasteiger partial charge in [-0.2, -0.15) is 0 Å². The van der Waals surface area contributed by atoms with Crippen LogP contribution < -0.4 is 11.1 Å². The van der Waals surface area contributed by atoms with Crippen LogP contribution >= 0.6 is 34.2 Å². The zero-order valence-corrected chi connectivity index (χ0v) is 12.6. The summed E-state index contributed by atoms with van der Waals surface area (Å²) in [7, 11) is 0. The molecule has 1 saturated heterocycles. The molecule has 98 valence electrons. The minimum atomic E-state index is -0.422. The Balaban J connectivity index is 1.99. The quantitative estimate of drug-likeness (QED) is 0.792. The number of carbonyl (C=O) groups excluding carboxylic acids is 1. The molecule has 1 heterocycles. The Morgan fingerprint density at radius 2 is 2.33 bits per heavy atom. The van der Waals surface area contributed by atoms with E-state index in [1.807, 2.05) is 6.07 Å². The lowest BCUT2D eigenvalue weighted by Gasteiger charge is -2.13. The van der Waals surface area contributed by atoms with Gasteiger partial charge in [0.05, 0.1) is 16.8 Å². The number of ether oxygens (including phenoxy) is 1. The first-order valence-electron chi connectivity index (χ1n) is 5.71. The van der Waals surface area contributed by atoms with Crippen LogP contribution in [0.25, 0.3) is 0 Å². The zero-order chi connectivity index (χ0) is 13.1. The summed E-state index contributed by atoms with van der Waals surface area (Å²) < 4.78 is 6.55. The lowest BCUT2D eigenvalue weighted by Crippen LogP contribution is -2.29. The number of nitrogens with one attached hydrogen (secondary N) is 1. The first kappa shape index (κ1) is 14.0. The molecule has 3 N–H and O–H groups in total. The molecular weight excluding hydrogens is 367 g/mol. The van der Waals surface area contributed by atoms with Gasteiger partial charge >= 0.3 is 0 Å². The summed E-state index contributed by atoms with van der Waals surface area (Å²) in [5, 5.41) is 3.32. The standard InChI is InChI=1S/C12H14ClIN2O2/c13-9-5-7(14)1-3-10(9)16-12(17)11-4-2-8(6-15)18-11/h1,3,5,8,11H,2,4,6,15H2,(H,16,17). The normalized spacial score (nSPS) is 23.1. The highest BCUT2D eigenvalue weighted by Gasteiger charge is 2.30. The molecule has 2 rings (SSSR count). The Morgan fingerprint density at radius 1 is 1.56 bits per heavy atom. The molecule has 0 aromatic heterocycles. The van der Waals surface area contributed by atoms with E-state index in [1.54, 1.807) is 12.1 Å². The van der Waals surface area contributed by atoms with Gasteiger partial charge in [0.15, 0.2) is 0 Å². The van der Waals surface area contributed by atoms with E-state index in [1.165, 1.54) is 0 Å². The van der Waals surface area contributed by atoms with Gasteiger partial charge in [-0.25, -0.2) is 0 Å². The molecule has 1 aromatic rings. The van der Waals surface area contributed by atoms with Crippen LogP contribution in [0.2, 0.25) is 5.02 Å². The molecule has 6 heteroatoms. The molecule has 2 unspecified atom stereocenters. The second-order valence-electron chi connectivity index (χ2n) is 4.17. The van der Waals surface area contributed by atoms with Crippen molar-refractivity contribution in [1.82, 2.24) is 0 Å². The molecule has 18 heavy (non-hydrogen) atoms. The molecule has 0 saturated carbocycles. The molecule has 0 aliphatic carbocycles. The summed E-state index contributed by atoms with van der Waals surface area (Å²) in [5.41, 5.74) is 6.12. The first-order valence-corrected chi connectivity index (χ1v) is 7.17. The van der Waals surface area contributed by atoms with E-state index < -0.39 is 6.10 Å². The second kappa shape index (κ2) is 6.18. The number of halogens is 2. The smallest absolute Gasteiger partial charge is 0.253 e. The van der Waals surface area contributed by atoms with Crippen LogP contribution in [0.5, 0.6) is 0 Å². The summed E-state index contributed by atoms with van der Waals surface area (Å²) in [6, 6.07) is 5.48. The van der Waals surface area contributed by atoms with E-state index in [0.29, 0.717) is 23.7 Å². The van der Waals surface area contributed by atoms with Gasteiger partial charge in [-0.3, -0.25) is 4.79 Å². The van der Waals surface area contributed by atoms with Crippen LogP contribution in [0.3, 0.4) is 0 Å². The Hall–Kier alpha value is -0.370. The van der Waals surface area contributed by atoms with Crippen LogP contribution in [0.1, 0.15) is 12.8 Å². The highest BCUT2D eigenvalue weighted by molar-refractivity contribution is 14.1. The lowest BCUT2D eigenvalue weighted by molar-refractivity contribution is -0.126. The minimum absolute atomic E-state index is 0.00653. The summed E-state index contributed by atoms with van der Waals surface area (Å²) in [6.07, 6.45) is 1.10.